The SMILES string of the molecule is COc1ccc(NCC2CCCC(C)C2)cc1O. The molecule has 100 valence electrons. The third-order valence-electron chi connectivity index (χ3n) is 3.82. The van der Waals surface area contributed by atoms with E-state index in [-0.39, 0.29) is 5.75 Å². The van der Waals surface area contributed by atoms with Crippen molar-refractivity contribution in [1.29, 1.82) is 0 Å². The van der Waals surface area contributed by atoms with Gasteiger partial charge in [-0.15, -0.1) is 0 Å². The monoisotopic (exact) mass is 249 g/mol. The number of anilines is 1. The minimum absolute atomic E-state index is 0.194. The summed E-state index contributed by atoms with van der Waals surface area (Å²) in [6.07, 6.45) is 5.36. The smallest absolute Gasteiger partial charge is 0.160 e. The van der Waals surface area contributed by atoms with Gasteiger partial charge in [-0.3, -0.25) is 0 Å². The molecule has 0 spiro atoms. The summed E-state index contributed by atoms with van der Waals surface area (Å²) in [4.78, 5) is 0. The molecule has 1 aromatic carbocycles. The molecular weight excluding hydrogens is 226 g/mol. The van der Waals surface area contributed by atoms with Crippen molar-refractivity contribution in [2.24, 2.45) is 11.8 Å². The molecule has 1 aromatic rings. The number of hydrogen-bond acceptors (Lipinski definition) is 3. The van der Waals surface area contributed by atoms with Gasteiger partial charge in [-0.05, 0) is 36.8 Å². The van der Waals surface area contributed by atoms with Gasteiger partial charge in [0, 0.05) is 18.3 Å². The van der Waals surface area contributed by atoms with Crippen molar-refractivity contribution in [2.45, 2.75) is 32.6 Å². The number of phenols is 1. The zero-order valence-electron chi connectivity index (χ0n) is 11.3. The Hall–Kier alpha value is -1.38. The van der Waals surface area contributed by atoms with Crippen molar-refractivity contribution in [3.63, 3.8) is 0 Å². The van der Waals surface area contributed by atoms with Crippen LogP contribution in [0.2, 0.25) is 0 Å². The van der Waals surface area contributed by atoms with Crippen LogP contribution in [0, 0.1) is 11.8 Å². The summed E-state index contributed by atoms with van der Waals surface area (Å²) < 4.78 is 5.03. The van der Waals surface area contributed by atoms with E-state index in [1.807, 2.05) is 6.07 Å². The summed E-state index contributed by atoms with van der Waals surface area (Å²) in [5.41, 5.74) is 0.964. The van der Waals surface area contributed by atoms with Gasteiger partial charge in [-0.2, -0.15) is 0 Å². The molecule has 2 N–H and O–H groups in total. The molecule has 0 saturated heterocycles. The van der Waals surface area contributed by atoms with Crippen LogP contribution in [0.15, 0.2) is 18.2 Å². The minimum atomic E-state index is 0.194. The largest absolute Gasteiger partial charge is 0.504 e. The van der Waals surface area contributed by atoms with Crippen LogP contribution in [0.3, 0.4) is 0 Å². The summed E-state index contributed by atoms with van der Waals surface area (Å²) in [7, 11) is 1.56. The first-order chi connectivity index (χ1) is 8.69. The average Bonchev–Trinajstić information content (AvgIpc) is 2.37. The third kappa shape index (κ3) is 3.31. The number of nitrogens with one attached hydrogen (secondary N) is 1. The molecule has 0 aromatic heterocycles. The van der Waals surface area contributed by atoms with E-state index in [2.05, 4.69) is 12.2 Å². The van der Waals surface area contributed by atoms with Crippen molar-refractivity contribution in [3.05, 3.63) is 18.2 Å². The van der Waals surface area contributed by atoms with Gasteiger partial charge in [0.1, 0.15) is 0 Å². The van der Waals surface area contributed by atoms with Crippen molar-refractivity contribution in [2.75, 3.05) is 19.0 Å². The van der Waals surface area contributed by atoms with Gasteiger partial charge in [-0.25, -0.2) is 0 Å². The number of benzene rings is 1. The predicted molar refractivity (Wildman–Crippen MR) is 74.3 cm³/mol. The van der Waals surface area contributed by atoms with E-state index in [1.54, 1.807) is 19.2 Å². The highest BCUT2D eigenvalue weighted by Crippen LogP contribution is 2.31. The Bertz CT molecular complexity index is 392. The molecule has 3 heteroatoms. The van der Waals surface area contributed by atoms with Gasteiger partial charge < -0.3 is 15.2 Å². The maximum absolute atomic E-state index is 9.71. The fraction of sp³-hybridized carbons (Fsp3) is 0.600. The van der Waals surface area contributed by atoms with E-state index < -0.39 is 0 Å². The molecule has 0 bridgehead atoms. The third-order valence-corrected chi connectivity index (χ3v) is 3.82. The minimum Gasteiger partial charge on any atom is -0.504 e. The van der Waals surface area contributed by atoms with Crippen LogP contribution < -0.4 is 10.1 Å². The summed E-state index contributed by atoms with van der Waals surface area (Å²) in [5.74, 6) is 2.33. The van der Waals surface area contributed by atoms with Crippen molar-refractivity contribution in [3.8, 4) is 11.5 Å². The fourth-order valence-corrected chi connectivity index (χ4v) is 2.81. The molecule has 1 aliphatic carbocycles. The van der Waals surface area contributed by atoms with Crippen LogP contribution in [0.4, 0.5) is 5.69 Å². The number of methoxy groups -OCH3 is 1. The van der Waals surface area contributed by atoms with E-state index in [9.17, 15) is 5.11 Å². The molecule has 1 saturated carbocycles. The Morgan fingerprint density at radius 1 is 1.39 bits per heavy atom. The van der Waals surface area contributed by atoms with Crippen LogP contribution in [0.5, 0.6) is 11.5 Å². The molecular formula is C15H23NO2. The maximum atomic E-state index is 9.71. The lowest BCUT2D eigenvalue weighted by molar-refractivity contribution is 0.293. The lowest BCUT2D eigenvalue weighted by atomic mass is 9.82. The van der Waals surface area contributed by atoms with Gasteiger partial charge in [0.15, 0.2) is 11.5 Å². The van der Waals surface area contributed by atoms with Crippen LogP contribution >= 0.6 is 0 Å². The normalized spacial score (nSPS) is 23.7. The lowest BCUT2D eigenvalue weighted by Crippen LogP contribution is -2.20. The second-order valence-electron chi connectivity index (χ2n) is 5.41. The fourth-order valence-electron chi connectivity index (χ4n) is 2.81. The number of hydrogen-bond donors (Lipinski definition) is 2. The van der Waals surface area contributed by atoms with E-state index in [4.69, 9.17) is 4.74 Å². The van der Waals surface area contributed by atoms with E-state index in [0.717, 1.165) is 24.1 Å². The number of ether oxygens (including phenoxy) is 1. The Balaban J connectivity index is 1.88. The second-order valence-corrected chi connectivity index (χ2v) is 5.41. The summed E-state index contributed by atoms with van der Waals surface area (Å²) in [5, 5.41) is 13.1. The standard InChI is InChI=1S/C15H23NO2/c1-11-4-3-5-12(8-11)10-16-13-6-7-15(18-2)14(17)9-13/h6-7,9,11-12,16-17H,3-5,8,10H2,1-2H3. The predicted octanol–water partition coefficient (Wildman–Crippen LogP) is 3.64. The van der Waals surface area contributed by atoms with Gasteiger partial charge in [0.2, 0.25) is 0 Å². The molecule has 1 fully saturated rings. The van der Waals surface area contributed by atoms with Crippen LogP contribution in [-0.4, -0.2) is 18.8 Å². The van der Waals surface area contributed by atoms with Gasteiger partial charge in [0.05, 0.1) is 7.11 Å². The summed E-state index contributed by atoms with van der Waals surface area (Å²) in [6.45, 7) is 3.33. The molecule has 2 rings (SSSR count). The highest BCUT2D eigenvalue weighted by molar-refractivity contribution is 5.54. The Labute approximate surface area is 109 Å². The van der Waals surface area contributed by atoms with E-state index in [0.29, 0.717) is 5.75 Å². The zero-order chi connectivity index (χ0) is 13.0. The van der Waals surface area contributed by atoms with Crippen molar-refractivity contribution >= 4 is 5.69 Å². The number of aromatic hydroxyl groups is 1. The van der Waals surface area contributed by atoms with Crippen molar-refractivity contribution < 1.29 is 9.84 Å². The first kappa shape index (κ1) is 13.1. The number of phenolic OH excluding ortho intramolecular Hbond substituents is 1. The first-order valence-electron chi connectivity index (χ1n) is 6.80. The lowest BCUT2D eigenvalue weighted by Gasteiger charge is -2.27. The van der Waals surface area contributed by atoms with Crippen molar-refractivity contribution in [1.82, 2.24) is 0 Å². The Kier molecular flexibility index (Phi) is 4.34. The van der Waals surface area contributed by atoms with Crippen LogP contribution in [0.1, 0.15) is 32.6 Å². The molecule has 0 radical (unpaired) electrons. The van der Waals surface area contributed by atoms with Gasteiger partial charge in [0.25, 0.3) is 0 Å². The molecule has 3 nitrogen and oxygen atoms in total. The van der Waals surface area contributed by atoms with Crippen LogP contribution in [0.25, 0.3) is 0 Å². The molecule has 18 heavy (non-hydrogen) atoms. The van der Waals surface area contributed by atoms with Crippen LogP contribution in [-0.2, 0) is 0 Å². The summed E-state index contributed by atoms with van der Waals surface area (Å²) >= 11 is 0. The molecule has 2 atom stereocenters. The molecule has 0 heterocycles. The number of rotatable bonds is 4. The summed E-state index contributed by atoms with van der Waals surface area (Å²) in [6, 6.07) is 5.47. The topological polar surface area (TPSA) is 41.5 Å². The maximum Gasteiger partial charge on any atom is 0.160 e. The van der Waals surface area contributed by atoms with Gasteiger partial charge in [-0.1, -0.05) is 19.8 Å². The van der Waals surface area contributed by atoms with E-state index >= 15 is 0 Å². The molecule has 2 unspecified atom stereocenters. The second kappa shape index (κ2) is 5.98. The molecule has 0 aliphatic heterocycles. The average molecular weight is 249 g/mol. The van der Waals surface area contributed by atoms with E-state index in [1.165, 1.54) is 25.7 Å². The quantitative estimate of drug-likeness (QED) is 0.856. The highest BCUT2D eigenvalue weighted by atomic mass is 16.5. The first-order valence-corrected chi connectivity index (χ1v) is 6.80. The van der Waals surface area contributed by atoms with Gasteiger partial charge >= 0.3 is 0 Å². The Morgan fingerprint density at radius 2 is 2.22 bits per heavy atom. The highest BCUT2D eigenvalue weighted by Gasteiger charge is 2.18. The molecule has 1 aliphatic rings. The zero-order valence-corrected chi connectivity index (χ0v) is 11.3. The Morgan fingerprint density at radius 3 is 2.89 bits per heavy atom. The molecule has 0 amide bonds.